The van der Waals surface area contributed by atoms with Crippen molar-refractivity contribution in [3.8, 4) is 0 Å². The fourth-order valence-electron chi connectivity index (χ4n) is 3.72. The lowest BCUT2D eigenvalue weighted by atomic mass is 9.77. The molecule has 1 aliphatic heterocycles. The fourth-order valence-corrected chi connectivity index (χ4v) is 3.72. The van der Waals surface area contributed by atoms with Gasteiger partial charge < -0.3 is 10.6 Å². The number of hydrogen-bond donors (Lipinski definition) is 1. The maximum Gasteiger partial charge on any atom is 0.0772 e. The Morgan fingerprint density at radius 3 is 2.56 bits per heavy atom. The number of piperidine rings is 1. The van der Waals surface area contributed by atoms with E-state index in [0.29, 0.717) is 12.0 Å². The number of aromatic nitrogens is 1. The van der Waals surface area contributed by atoms with Gasteiger partial charge in [-0.25, -0.2) is 0 Å². The second-order valence-electron chi connectivity index (χ2n) is 5.87. The highest BCUT2D eigenvalue weighted by atomic mass is 15.1. The topological polar surface area (TPSA) is 42.1 Å². The molecule has 1 aromatic rings. The molecule has 2 aliphatic rings. The molecule has 0 unspecified atom stereocenters. The van der Waals surface area contributed by atoms with Gasteiger partial charge >= 0.3 is 0 Å². The van der Waals surface area contributed by atoms with E-state index in [0.717, 1.165) is 5.69 Å². The fraction of sp³-hybridized carbons (Fsp3) is 0.667. The number of nitrogens with zero attached hydrogens (tertiary/aromatic N) is 2. The van der Waals surface area contributed by atoms with Crippen LogP contribution in [0.5, 0.6) is 0 Å². The number of pyridine rings is 1. The van der Waals surface area contributed by atoms with Crippen molar-refractivity contribution in [1.82, 2.24) is 4.98 Å². The molecule has 1 aromatic heterocycles. The lowest BCUT2D eigenvalue weighted by molar-refractivity contribution is 0.226. The Kier molecular flexibility index (Phi) is 3.25. The van der Waals surface area contributed by atoms with Crippen LogP contribution in [0.25, 0.3) is 0 Å². The average Bonchev–Trinajstić information content (AvgIpc) is 2.88. The first-order valence-corrected chi connectivity index (χ1v) is 7.22. The molecule has 1 saturated carbocycles. The van der Waals surface area contributed by atoms with Crippen molar-refractivity contribution in [2.45, 2.75) is 45.1 Å². The van der Waals surface area contributed by atoms with Crippen molar-refractivity contribution in [2.24, 2.45) is 11.1 Å². The molecule has 3 rings (SSSR count). The molecule has 3 heteroatoms. The lowest BCUT2D eigenvalue weighted by Gasteiger charge is -2.40. The minimum absolute atomic E-state index is 0.540. The molecule has 1 saturated heterocycles. The maximum absolute atomic E-state index is 5.78. The number of rotatable bonds is 2. The van der Waals surface area contributed by atoms with E-state index >= 15 is 0 Å². The molecule has 2 heterocycles. The van der Waals surface area contributed by atoms with Crippen LogP contribution in [0.4, 0.5) is 5.69 Å². The summed E-state index contributed by atoms with van der Waals surface area (Å²) in [5.74, 6) is 0. The average molecular weight is 245 g/mol. The quantitative estimate of drug-likeness (QED) is 0.871. The van der Waals surface area contributed by atoms with E-state index in [1.165, 1.54) is 57.3 Å². The Labute approximate surface area is 109 Å². The third kappa shape index (κ3) is 2.12. The summed E-state index contributed by atoms with van der Waals surface area (Å²) in [5.41, 5.74) is 8.76. The third-order valence-electron chi connectivity index (χ3n) is 4.89. The number of nitrogens with two attached hydrogens (primary N) is 1. The summed E-state index contributed by atoms with van der Waals surface area (Å²) in [6.45, 7) is 2.90. The van der Waals surface area contributed by atoms with Gasteiger partial charge in [0.15, 0.2) is 0 Å². The Hall–Kier alpha value is -1.09. The Bertz CT molecular complexity index is 400. The summed E-state index contributed by atoms with van der Waals surface area (Å²) < 4.78 is 0. The van der Waals surface area contributed by atoms with Crippen LogP contribution in [0.3, 0.4) is 0 Å². The van der Waals surface area contributed by atoms with Crippen LogP contribution in [0.15, 0.2) is 18.3 Å². The van der Waals surface area contributed by atoms with Gasteiger partial charge in [-0.2, -0.15) is 0 Å². The number of anilines is 1. The van der Waals surface area contributed by atoms with Crippen LogP contribution in [0.1, 0.15) is 44.2 Å². The lowest BCUT2D eigenvalue weighted by Crippen LogP contribution is -2.39. The van der Waals surface area contributed by atoms with E-state index in [4.69, 9.17) is 5.73 Å². The van der Waals surface area contributed by atoms with Gasteiger partial charge in [-0.1, -0.05) is 12.8 Å². The molecule has 0 bridgehead atoms. The zero-order chi connectivity index (χ0) is 12.4. The van der Waals surface area contributed by atoms with Crippen LogP contribution in [-0.4, -0.2) is 18.1 Å². The van der Waals surface area contributed by atoms with Gasteiger partial charge in [0.05, 0.1) is 11.4 Å². The van der Waals surface area contributed by atoms with Gasteiger partial charge in [0, 0.05) is 25.8 Å². The van der Waals surface area contributed by atoms with E-state index in [1.807, 2.05) is 12.3 Å². The van der Waals surface area contributed by atoms with Crippen molar-refractivity contribution >= 4 is 5.69 Å². The molecule has 2 N–H and O–H groups in total. The monoisotopic (exact) mass is 245 g/mol. The first-order valence-electron chi connectivity index (χ1n) is 7.22. The van der Waals surface area contributed by atoms with Crippen molar-refractivity contribution < 1.29 is 0 Å². The number of hydrogen-bond acceptors (Lipinski definition) is 3. The third-order valence-corrected chi connectivity index (χ3v) is 4.89. The summed E-state index contributed by atoms with van der Waals surface area (Å²) in [7, 11) is 0. The van der Waals surface area contributed by atoms with E-state index in [1.54, 1.807) is 0 Å². The first-order chi connectivity index (χ1) is 8.83. The van der Waals surface area contributed by atoms with Gasteiger partial charge in [-0.3, -0.25) is 4.98 Å². The predicted molar refractivity (Wildman–Crippen MR) is 74.5 cm³/mol. The molecule has 0 amide bonds. The molecule has 0 aromatic carbocycles. The molecule has 1 aliphatic carbocycles. The van der Waals surface area contributed by atoms with Gasteiger partial charge in [0.1, 0.15) is 0 Å². The molecule has 1 spiro atoms. The van der Waals surface area contributed by atoms with Gasteiger partial charge in [-0.15, -0.1) is 0 Å². The van der Waals surface area contributed by atoms with E-state index < -0.39 is 0 Å². The highest BCUT2D eigenvalue weighted by Gasteiger charge is 2.37. The highest BCUT2D eigenvalue weighted by Crippen LogP contribution is 2.46. The van der Waals surface area contributed by atoms with Gasteiger partial charge in [-0.05, 0) is 43.2 Å². The Morgan fingerprint density at radius 1 is 1.17 bits per heavy atom. The summed E-state index contributed by atoms with van der Waals surface area (Å²) in [6.07, 6.45) is 10.4. The molecule has 18 heavy (non-hydrogen) atoms. The predicted octanol–water partition coefficient (Wildman–Crippen LogP) is 2.70. The smallest absolute Gasteiger partial charge is 0.0772 e. The normalized spacial score (nSPS) is 22.6. The maximum atomic E-state index is 5.78. The Morgan fingerprint density at radius 2 is 1.89 bits per heavy atom. The molecule has 2 fully saturated rings. The van der Waals surface area contributed by atoms with E-state index in [-0.39, 0.29) is 0 Å². The Balaban J connectivity index is 1.72. The molecular formula is C15H23N3. The van der Waals surface area contributed by atoms with Crippen LogP contribution < -0.4 is 10.6 Å². The van der Waals surface area contributed by atoms with Crippen molar-refractivity contribution in [3.63, 3.8) is 0 Å². The molecular weight excluding hydrogens is 222 g/mol. The standard InChI is InChI=1S/C15H23N3/c16-12-13-14(4-3-9-17-13)18-10-7-15(8-11-18)5-1-2-6-15/h3-4,9H,1-2,5-8,10-12,16H2. The van der Waals surface area contributed by atoms with Crippen molar-refractivity contribution in [2.75, 3.05) is 18.0 Å². The highest BCUT2D eigenvalue weighted by molar-refractivity contribution is 5.50. The van der Waals surface area contributed by atoms with Crippen LogP contribution in [-0.2, 0) is 6.54 Å². The molecule has 0 atom stereocenters. The summed E-state index contributed by atoms with van der Waals surface area (Å²) in [4.78, 5) is 6.88. The van der Waals surface area contributed by atoms with E-state index in [2.05, 4.69) is 16.0 Å². The van der Waals surface area contributed by atoms with Crippen molar-refractivity contribution in [1.29, 1.82) is 0 Å². The van der Waals surface area contributed by atoms with Gasteiger partial charge in [0.25, 0.3) is 0 Å². The minimum Gasteiger partial charge on any atom is -0.370 e. The second-order valence-corrected chi connectivity index (χ2v) is 5.87. The largest absolute Gasteiger partial charge is 0.370 e. The van der Waals surface area contributed by atoms with Crippen LogP contribution >= 0.6 is 0 Å². The minimum atomic E-state index is 0.540. The summed E-state index contributed by atoms with van der Waals surface area (Å²) >= 11 is 0. The summed E-state index contributed by atoms with van der Waals surface area (Å²) in [6, 6.07) is 4.19. The molecule has 98 valence electrons. The summed E-state index contributed by atoms with van der Waals surface area (Å²) in [5, 5.41) is 0. The molecule has 0 radical (unpaired) electrons. The van der Waals surface area contributed by atoms with Crippen molar-refractivity contribution in [3.05, 3.63) is 24.0 Å². The first kappa shape index (κ1) is 12.0. The zero-order valence-electron chi connectivity index (χ0n) is 11.1. The van der Waals surface area contributed by atoms with E-state index in [9.17, 15) is 0 Å². The molecule has 3 nitrogen and oxygen atoms in total. The van der Waals surface area contributed by atoms with Crippen LogP contribution in [0.2, 0.25) is 0 Å². The second kappa shape index (κ2) is 4.88. The van der Waals surface area contributed by atoms with Gasteiger partial charge in [0.2, 0.25) is 0 Å². The van der Waals surface area contributed by atoms with Crippen LogP contribution in [0, 0.1) is 5.41 Å². The zero-order valence-corrected chi connectivity index (χ0v) is 11.1. The SMILES string of the molecule is NCc1ncccc1N1CCC2(CCCC2)CC1.